The van der Waals surface area contributed by atoms with Crippen molar-refractivity contribution >= 4 is 45.2 Å². The predicted molar refractivity (Wildman–Crippen MR) is 101 cm³/mol. The lowest BCUT2D eigenvalue weighted by atomic mass is 10.1. The van der Waals surface area contributed by atoms with Gasteiger partial charge in [-0.05, 0) is 41.8 Å². The van der Waals surface area contributed by atoms with E-state index in [2.05, 4.69) is 28.1 Å². The molecule has 1 heterocycles. The summed E-state index contributed by atoms with van der Waals surface area (Å²) < 4.78 is 1.06. The summed E-state index contributed by atoms with van der Waals surface area (Å²) in [5.74, 6) is 1.20. The molecular weight excluding hydrogens is 394 g/mol. The van der Waals surface area contributed by atoms with E-state index in [0.29, 0.717) is 6.42 Å². The molecule has 120 valence electrons. The normalized spacial score (nSPS) is 17.5. The van der Waals surface area contributed by atoms with E-state index in [0.717, 1.165) is 33.8 Å². The molecule has 5 heteroatoms. The van der Waals surface area contributed by atoms with Crippen molar-refractivity contribution in [3.8, 4) is 0 Å². The number of nitrogens with zero attached hydrogens (tertiary/aromatic N) is 1. The van der Waals surface area contributed by atoms with Crippen molar-refractivity contribution in [1.82, 2.24) is 4.90 Å². The summed E-state index contributed by atoms with van der Waals surface area (Å²) in [6.45, 7) is 0.819. The van der Waals surface area contributed by atoms with Crippen molar-refractivity contribution in [3.63, 3.8) is 0 Å². The Kier molecular flexibility index (Phi) is 5.67. The van der Waals surface area contributed by atoms with Gasteiger partial charge in [-0.2, -0.15) is 0 Å². The molecule has 0 bridgehead atoms. The quantitative estimate of drug-likeness (QED) is 0.681. The lowest BCUT2D eigenvalue weighted by molar-refractivity contribution is -0.131. The number of thioether (sulfide) groups is 1. The number of amides is 1. The highest BCUT2D eigenvalue weighted by molar-refractivity contribution is 9.10. The Morgan fingerprint density at radius 3 is 2.78 bits per heavy atom. The zero-order valence-corrected chi connectivity index (χ0v) is 15.7. The molecule has 0 spiro atoms. The van der Waals surface area contributed by atoms with Crippen LogP contribution in [0.25, 0.3) is 0 Å². The summed E-state index contributed by atoms with van der Waals surface area (Å²) in [6.07, 6.45) is 1.25. The average molecular weight is 411 g/mol. The van der Waals surface area contributed by atoms with Crippen LogP contribution in [-0.2, 0) is 11.2 Å². The summed E-state index contributed by atoms with van der Waals surface area (Å²) in [6, 6.07) is 16.0. The first-order chi connectivity index (χ1) is 11.1. The van der Waals surface area contributed by atoms with Gasteiger partial charge in [0, 0.05) is 28.2 Å². The summed E-state index contributed by atoms with van der Waals surface area (Å²) in [7, 11) is 0. The minimum atomic E-state index is 0.134. The number of carbonyl (C=O) groups excluding carboxylic acids is 1. The predicted octanol–water partition coefficient (Wildman–Crippen LogP) is 5.31. The second-order valence-electron chi connectivity index (χ2n) is 5.49. The Labute approximate surface area is 154 Å². The molecule has 23 heavy (non-hydrogen) atoms. The third kappa shape index (κ3) is 4.31. The van der Waals surface area contributed by atoms with Gasteiger partial charge in [0.1, 0.15) is 5.37 Å². The SMILES string of the molecule is O=C(CCc1cccc(Cl)c1)N1CCSC1c1ccc(Br)cc1. The van der Waals surface area contributed by atoms with Crippen molar-refractivity contribution in [2.24, 2.45) is 0 Å². The molecule has 1 aliphatic rings. The first-order valence-corrected chi connectivity index (χ1v) is 9.76. The smallest absolute Gasteiger partial charge is 0.224 e. The average Bonchev–Trinajstić information content (AvgIpc) is 3.03. The fourth-order valence-electron chi connectivity index (χ4n) is 2.72. The second kappa shape index (κ2) is 7.73. The van der Waals surface area contributed by atoms with Crippen molar-refractivity contribution in [3.05, 3.63) is 69.2 Å². The number of hydrogen-bond donors (Lipinski definition) is 0. The van der Waals surface area contributed by atoms with Gasteiger partial charge in [0.05, 0.1) is 0 Å². The molecule has 1 fully saturated rings. The molecule has 0 saturated carbocycles. The number of carbonyl (C=O) groups is 1. The van der Waals surface area contributed by atoms with Crippen molar-refractivity contribution < 1.29 is 4.79 Å². The monoisotopic (exact) mass is 409 g/mol. The molecule has 1 atom stereocenters. The molecule has 2 aromatic rings. The largest absolute Gasteiger partial charge is 0.326 e. The third-order valence-corrected chi connectivity index (χ3v) is 5.91. The zero-order valence-electron chi connectivity index (χ0n) is 12.5. The number of halogens is 2. The number of rotatable bonds is 4. The molecule has 0 aliphatic carbocycles. The van der Waals surface area contributed by atoms with Crippen LogP contribution in [0, 0.1) is 0 Å². The molecule has 0 aromatic heterocycles. The molecule has 2 nitrogen and oxygen atoms in total. The van der Waals surface area contributed by atoms with E-state index in [1.54, 1.807) is 0 Å². The van der Waals surface area contributed by atoms with E-state index in [4.69, 9.17) is 11.6 Å². The number of benzene rings is 2. The Morgan fingerprint density at radius 2 is 2.04 bits per heavy atom. The Balaban J connectivity index is 1.65. The van der Waals surface area contributed by atoms with Crippen molar-refractivity contribution in [1.29, 1.82) is 0 Å². The van der Waals surface area contributed by atoms with Gasteiger partial charge in [-0.25, -0.2) is 0 Å². The third-order valence-electron chi connectivity index (χ3n) is 3.88. The molecule has 1 aliphatic heterocycles. The Morgan fingerprint density at radius 1 is 1.26 bits per heavy atom. The van der Waals surface area contributed by atoms with E-state index in [1.807, 2.05) is 53.1 Å². The van der Waals surface area contributed by atoms with E-state index in [9.17, 15) is 4.79 Å². The Bertz CT molecular complexity index is 692. The van der Waals surface area contributed by atoms with Gasteiger partial charge in [-0.1, -0.05) is 51.8 Å². The van der Waals surface area contributed by atoms with Crippen LogP contribution in [0.5, 0.6) is 0 Å². The highest BCUT2D eigenvalue weighted by Gasteiger charge is 2.30. The molecule has 2 aromatic carbocycles. The lowest BCUT2D eigenvalue weighted by Crippen LogP contribution is -2.30. The van der Waals surface area contributed by atoms with Crippen molar-refractivity contribution in [2.45, 2.75) is 18.2 Å². The summed E-state index contributed by atoms with van der Waals surface area (Å²) >= 11 is 11.3. The molecule has 0 radical (unpaired) electrons. The van der Waals surface area contributed by atoms with E-state index in [1.165, 1.54) is 5.56 Å². The van der Waals surface area contributed by atoms with Gasteiger partial charge in [0.15, 0.2) is 0 Å². The van der Waals surface area contributed by atoms with Crippen LogP contribution in [0.1, 0.15) is 22.9 Å². The van der Waals surface area contributed by atoms with E-state index >= 15 is 0 Å². The van der Waals surface area contributed by atoms with Gasteiger partial charge < -0.3 is 4.90 Å². The van der Waals surface area contributed by atoms with Crippen LogP contribution >= 0.6 is 39.3 Å². The minimum absolute atomic E-state index is 0.134. The molecular formula is C18H17BrClNOS. The first kappa shape index (κ1) is 16.9. The maximum atomic E-state index is 12.6. The van der Waals surface area contributed by atoms with Gasteiger partial charge in [-0.15, -0.1) is 11.8 Å². The van der Waals surface area contributed by atoms with Gasteiger partial charge >= 0.3 is 0 Å². The van der Waals surface area contributed by atoms with Crippen LogP contribution in [0.3, 0.4) is 0 Å². The van der Waals surface area contributed by atoms with Gasteiger partial charge in [0.2, 0.25) is 5.91 Å². The zero-order chi connectivity index (χ0) is 16.2. The van der Waals surface area contributed by atoms with Crippen LogP contribution in [0.15, 0.2) is 53.0 Å². The van der Waals surface area contributed by atoms with E-state index < -0.39 is 0 Å². The van der Waals surface area contributed by atoms with Gasteiger partial charge in [0.25, 0.3) is 0 Å². The summed E-state index contributed by atoms with van der Waals surface area (Å²) in [4.78, 5) is 14.6. The Hall–Kier alpha value is -0.970. The molecule has 0 N–H and O–H groups in total. The highest BCUT2D eigenvalue weighted by Crippen LogP contribution is 2.38. The fraction of sp³-hybridized carbons (Fsp3) is 0.278. The fourth-order valence-corrected chi connectivity index (χ4v) is 4.47. The van der Waals surface area contributed by atoms with Crippen molar-refractivity contribution in [2.75, 3.05) is 12.3 Å². The van der Waals surface area contributed by atoms with Crippen LogP contribution in [0.4, 0.5) is 0 Å². The van der Waals surface area contributed by atoms with Crippen LogP contribution < -0.4 is 0 Å². The maximum Gasteiger partial charge on any atom is 0.224 e. The van der Waals surface area contributed by atoms with Crippen LogP contribution in [0.2, 0.25) is 5.02 Å². The number of aryl methyl sites for hydroxylation is 1. The summed E-state index contributed by atoms with van der Waals surface area (Å²) in [5, 5.41) is 0.856. The summed E-state index contributed by atoms with van der Waals surface area (Å²) in [5.41, 5.74) is 2.30. The van der Waals surface area contributed by atoms with Gasteiger partial charge in [-0.3, -0.25) is 4.79 Å². The molecule has 1 amide bonds. The molecule has 3 rings (SSSR count). The van der Waals surface area contributed by atoms with Crippen LogP contribution in [-0.4, -0.2) is 23.1 Å². The maximum absolute atomic E-state index is 12.6. The molecule has 1 unspecified atom stereocenters. The first-order valence-electron chi connectivity index (χ1n) is 7.54. The highest BCUT2D eigenvalue weighted by atomic mass is 79.9. The molecule has 1 saturated heterocycles. The topological polar surface area (TPSA) is 20.3 Å². The minimum Gasteiger partial charge on any atom is -0.326 e. The standard InChI is InChI=1S/C18H17BrClNOS/c19-15-7-5-14(6-8-15)18-21(10-11-23-18)17(22)9-4-13-2-1-3-16(20)12-13/h1-3,5-8,12,18H,4,9-11H2. The number of hydrogen-bond acceptors (Lipinski definition) is 2. The lowest BCUT2D eigenvalue weighted by Gasteiger charge is -2.24. The van der Waals surface area contributed by atoms with E-state index in [-0.39, 0.29) is 11.3 Å². The second-order valence-corrected chi connectivity index (χ2v) is 8.03.